The lowest BCUT2D eigenvalue weighted by atomic mass is 9.98. The van der Waals surface area contributed by atoms with Crippen LogP contribution in [-0.2, 0) is 14.3 Å². The van der Waals surface area contributed by atoms with Crippen molar-refractivity contribution in [2.24, 2.45) is 11.8 Å². The van der Waals surface area contributed by atoms with E-state index in [0.717, 1.165) is 6.42 Å². The molecule has 5 nitrogen and oxygen atoms in total. The number of carbonyl (C=O) groups excluding carboxylic acids is 2. The molecule has 1 N–H and O–H groups in total. The zero-order valence-electron chi connectivity index (χ0n) is 14.0. The van der Waals surface area contributed by atoms with Crippen LogP contribution in [0.5, 0.6) is 0 Å². The fourth-order valence-electron chi connectivity index (χ4n) is 2.45. The van der Waals surface area contributed by atoms with E-state index in [1.54, 1.807) is 11.8 Å². The highest BCUT2D eigenvalue weighted by Gasteiger charge is 2.38. The Bertz CT molecular complexity index is 355. The van der Waals surface area contributed by atoms with Crippen LogP contribution in [0.25, 0.3) is 0 Å². The molecule has 0 aromatic rings. The summed E-state index contributed by atoms with van der Waals surface area (Å²) in [5.41, 5.74) is 0. The van der Waals surface area contributed by atoms with Gasteiger partial charge in [0.15, 0.2) is 0 Å². The van der Waals surface area contributed by atoms with E-state index in [1.807, 2.05) is 0 Å². The summed E-state index contributed by atoms with van der Waals surface area (Å²) >= 11 is 0. The molecule has 1 rings (SSSR count). The molecule has 0 radical (unpaired) electrons. The van der Waals surface area contributed by atoms with E-state index in [9.17, 15) is 9.59 Å². The normalized spacial score (nSPS) is 23.1. The van der Waals surface area contributed by atoms with Crippen LogP contribution in [0.3, 0.4) is 0 Å². The second kappa shape index (κ2) is 8.37. The number of hydrogen-bond donors (Lipinski definition) is 1. The molecular formula is C16H30N2O3. The summed E-state index contributed by atoms with van der Waals surface area (Å²) in [5.74, 6) is 0.929. The molecule has 0 aliphatic carbocycles. The summed E-state index contributed by atoms with van der Waals surface area (Å²) in [5, 5.41) is 2.76. The van der Waals surface area contributed by atoms with E-state index in [2.05, 4.69) is 33.0 Å². The number of piperazine rings is 1. The first-order valence-electron chi connectivity index (χ1n) is 8.01. The molecule has 0 aromatic heterocycles. The van der Waals surface area contributed by atoms with Gasteiger partial charge in [-0.25, -0.2) is 0 Å². The molecule has 0 aromatic carbocycles. The molecule has 1 fully saturated rings. The van der Waals surface area contributed by atoms with Crippen molar-refractivity contribution in [3.8, 4) is 0 Å². The number of amides is 2. The lowest BCUT2D eigenvalue weighted by Crippen LogP contribution is -2.63. The van der Waals surface area contributed by atoms with Gasteiger partial charge in [0.05, 0.1) is 6.61 Å². The van der Waals surface area contributed by atoms with Crippen molar-refractivity contribution in [1.82, 2.24) is 10.2 Å². The minimum absolute atomic E-state index is 0.00675. The first-order valence-corrected chi connectivity index (χ1v) is 8.01. The second-order valence-electron chi connectivity index (χ2n) is 6.70. The van der Waals surface area contributed by atoms with Gasteiger partial charge in [0.25, 0.3) is 0 Å². The van der Waals surface area contributed by atoms with Crippen molar-refractivity contribution < 1.29 is 14.3 Å². The minimum Gasteiger partial charge on any atom is -0.380 e. The highest BCUT2D eigenvalue weighted by Crippen LogP contribution is 2.17. The number of carbonyl (C=O) groups is 2. The van der Waals surface area contributed by atoms with Crippen molar-refractivity contribution in [3.63, 3.8) is 0 Å². The predicted octanol–water partition coefficient (Wildman–Crippen LogP) is 1.81. The number of nitrogens with one attached hydrogen (secondary N) is 1. The van der Waals surface area contributed by atoms with E-state index in [1.165, 1.54) is 0 Å². The largest absolute Gasteiger partial charge is 0.380 e. The van der Waals surface area contributed by atoms with Gasteiger partial charge in [-0.2, -0.15) is 0 Å². The molecule has 5 heteroatoms. The van der Waals surface area contributed by atoms with Gasteiger partial charge in [0.2, 0.25) is 11.8 Å². The highest BCUT2D eigenvalue weighted by molar-refractivity contribution is 5.96. The third-order valence-corrected chi connectivity index (χ3v) is 3.70. The Hall–Kier alpha value is -1.10. The molecule has 122 valence electrons. The minimum atomic E-state index is -0.434. The Kier molecular flexibility index (Phi) is 7.15. The molecule has 2 amide bonds. The molecule has 0 saturated carbocycles. The predicted molar refractivity (Wildman–Crippen MR) is 82.8 cm³/mol. The lowest BCUT2D eigenvalue weighted by Gasteiger charge is -2.38. The third-order valence-electron chi connectivity index (χ3n) is 3.70. The number of ether oxygens (including phenoxy) is 1. The van der Waals surface area contributed by atoms with Crippen LogP contribution in [0.15, 0.2) is 0 Å². The molecule has 1 saturated heterocycles. The zero-order valence-corrected chi connectivity index (χ0v) is 14.0. The molecule has 2 unspecified atom stereocenters. The van der Waals surface area contributed by atoms with Gasteiger partial charge >= 0.3 is 0 Å². The van der Waals surface area contributed by atoms with Crippen molar-refractivity contribution in [1.29, 1.82) is 0 Å². The van der Waals surface area contributed by atoms with Crippen LogP contribution >= 0.6 is 0 Å². The summed E-state index contributed by atoms with van der Waals surface area (Å²) in [6.07, 6.45) is 1.70. The second-order valence-corrected chi connectivity index (χ2v) is 6.70. The van der Waals surface area contributed by atoms with Crippen molar-refractivity contribution in [2.45, 2.75) is 59.5 Å². The van der Waals surface area contributed by atoms with Crippen LogP contribution in [0.4, 0.5) is 0 Å². The highest BCUT2D eigenvalue weighted by atomic mass is 16.5. The van der Waals surface area contributed by atoms with Gasteiger partial charge in [-0.1, -0.05) is 27.7 Å². The average Bonchev–Trinajstić information content (AvgIpc) is 2.37. The van der Waals surface area contributed by atoms with Gasteiger partial charge in [-0.15, -0.1) is 0 Å². The molecule has 1 aliphatic rings. The van der Waals surface area contributed by atoms with Crippen LogP contribution < -0.4 is 5.32 Å². The lowest BCUT2D eigenvalue weighted by molar-refractivity contribution is -0.150. The monoisotopic (exact) mass is 298 g/mol. The van der Waals surface area contributed by atoms with Gasteiger partial charge in [-0.3, -0.25) is 9.59 Å². The molecule has 0 bridgehead atoms. The van der Waals surface area contributed by atoms with Gasteiger partial charge in [0.1, 0.15) is 12.1 Å². The molecule has 1 heterocycles. The SMILES string of the molecule is CC(C)CCOCCN1C(=O)C(C)NC(=O)C1CC(C)C. The molecule has 0 spiro atoms. The summed E-state index contributed by atoms with van der Waals surface area (Å²) in [4.78, 5) is 26.1. The standard InChI is InChI=1S/C16H30N2O3/c1-11(2)6-8-21-9-7-18-14(10-12(3)4)15(19)17-13(5)16(18)20/h11-14H,6-10H2,1-5H3,(H,17,19). The fourth-order valence-corrected chi connectivity index (χ4v) is 2.45. The molecule has 2 atom stereocenters. The van der Waals surface area contributed by atoms with Gasteiger partial charge < -0.3 is 15.0 Å². The maximum absolute atomic E-state index is 12.3. The smallest absolute Gasteiger partial charge is 0.245 e. The topological polar surface area (TPSA) is 58.6 Å². The molecule has 1 aliphatic heterocycles. The Labute approximate surface area is 128 Å². The third kappa shape index (κ3) is 5.65. The van der Waals surface area contributed by atoms with Crippen molar-refractivity contribution in [3.05, 3.63) is 0 Å². The van der Waals surface area contributed by atoms with Crippen molar-refractivity contribution in [2.75, 3.05) is 19.8 Å². The number of hydrogen-bond acceptors (Lipinski definition) is 3. The summed E-state index contributed by atoms with van der Waals surface area (Å²) < 4.78 is 5.59. The summed E-state index contributed by atoms with van der Waals surface area (Å²) in [6, 6.07) is -0.793. The van der Waals surface area contributed by atoms with Crippen LogP contribution in [0.2, 0.25) is 0 Å². The number of rotatable bonds is 8. The van der Waals surface area contributed by atoms with Gasteiger partial charge in [0, 0.05) is 13.2 Å². The Balaban J connectivity index is 2.55. The Morgan fingerprint density at radius 3 is 2.38 bits per heavy atom. The maximum Gasteiger partial charge on any atom is 0.245 e. The quantitative estimate of drug-likeness (QED) is 0.695. The van der Waals surface area contributed by atoms with Crippen LogP contribution in [0.1, 0.15) is 47.5 Å². The van der Waals surface area contributed by atoms with E-state index >= 15 is 0 Å². The molecule has 21 heavy (non-hydrogen) atoms. The molecular weight excluding hydrogens is 268 g/mol. The summed E-state index contributed by atoms with van der Waals surface area (Å²) in [6.45, 7) is 11.9. The van der Waals surface area contributed by atoms with Crippen LogP contribution in [-0.4, -0.2) is 48.6 Å². The number of nitrogens with zero attached hydrogens (tertiary/aromatic N) is 1. The first kappa shape index (κ1) is 18.0. The fraction of sp³-hybridized carbons (Fsp3) is 0.875. The Morgan fingerprint density at radius 1 is 1.14 bits per heavy atom. The van der Waals surface area contributed by atoms with Crippen LogP contribution in [0, 0.1) is 11.8 Å². The maximum atomic E-state index is 12.3. The van der Waals surface area contributed by atoms with Gasteiger partial charge in [-0.05, 0) is 31.6 Å². The summed E-state index contributed by atoms with van der Waals surface area (Å²) in [7, 11) is 0. The van der Waals surface area contributed by atoms with E-state index in [0.29, 0.717) is 38.0 Å². The zero-order chi connectivity index (χ0) is 16.0. The first-order chi connectivity index (χ1) is 9.82. The average molecular weight is 298 g/mol. The van der Waals surface area contributed by atoms with E-state index < -0.39 is 6.04 Å². The van der Waals surface area contributed by atoms with E-state index in [-0.39, 0.29) is 17.9 Å². The van der Waals surface area contributed by atoms with Crippen molar-refractivity contribution >= 4 is 11.8 Å². The van der Waals surface area contributed by atoms with E-state index in [4.69, 9.17) is 4.74 Å². The Morgan fingerprint density at radius 2 is 1.81 bits per heavy atom.